The molecular weight excluding hydrogens is 482 g/mol. The van der Waals surface area contributed by atoms with Gasteiger partial charge < -0.3 is 4.40 Å². The molecule has 0 aliphatic carbocycles. The maximum atomic E-state index is 5.11. The van der Waals surface area contributed by atoms with E-state index in [1.54, 1.807) is 11.3 Å². The van der Waals surface area contributed by atoms with Crippen LogP contribution in [0.15, 0.2) is 115 Å². The van der Waals surface area contributed by atoms with Crippen LogP contribution in [0.3, 0.4) is 0 Å². The summed E-state index contributed by atoms with van der Waals surface area (Å²) < 4.78 is 4.79. The van der Waals surface area contributed by atoms with Crippen LogP contribution in [0.2, 0.25) is 0 Å². The van der Waals surface area contributed by atoms with Crippen molar-refractivity contribution in [2.45, 2.75) is 0 Å². The number of thiophene rings is 1. The average molecular weight is 502 g/mol. The van der Waals surface area contributed by atoms with Crippen molar-refractivity contribution < 1.29 is 0 Å². The molecule has 9 rings (SSSR count). The molecule has 5 aromatic carbocycles. The molecule has 9 aromatic rings. The summed E-state index contributed by atoms with van der Waals surface area (Å²) in [5.74, 6) is 0.767. The van der Waals surface area contributed by atoms with Crippen LogP contribution >= 0.6 is 11.3 Å². The van der Waals surface area contributed by atoms with Gasteiger partial charge in [0.1, 0.15) is 0 Å². The first-order chi connectivity index (χ1) is 18.8. The Kier molecular flexibility index (Phi) is 3.93. The SMILES string of the molecule is c1ccc(-c2ccc3c(c2)c2cc(-c4ncc5sc6ccccc6c5n4)cc4c5ccccc5n3c42)cc1. The first kappa shape index (κ1) is 20.3. The van der Waals surface area contributed by atoms with Crippen LogP contribution in [-0.2, 0) is 0 Å². The molecule has 38 heavy (non-hydrogen) atoms. The fourth-order valence-corrected chi connectivity index (χ4v) is 7.10. The number of rotatable bonds is 2. The van der Waals surface area contributed by atoms with E-state index >= 15 is 0 Å². The molecule has 0 amide bonds. The van der Waals surface area contributed by atoms with E-state index in [0.29, 0.717) is 0 Å². The van der Waals surface area contributed by atoms with Gasteiger partial charge in [0, 0.05) is 43.4 Å². The monoisotopic (exact) mass is 501 g/mol. The Bertz CT molecular complexity index is 2340. The third-order valence-corrected chi connectivity index (χ3v) is 8.87. The summed E-state index contributed by atoms with van der Waals surface area (Å²) in [6.07, 6.45) is 1.98. The van der Waals surface area contributed by atoms with Gasteiger partial charge in [0.2, 0.25) is 0 Å². The van der Waals surface area contributed by atoms with Crippen molar-refractivity contribution in [2.75, 3.05) is 0 Å². The third kappa shape index (κ3) is 2.67. The number of hydrogen-bond acceptors (Lipinski definition) is 3. The molecule has 0 bridgehead atoms. The lowest BCUT2D eigenvalue weighted by Gasteiger charge is -2.05. The second-order valence-electron chi connectivity index (χ2n) is 9.88. The van der Waals surface area contributed by atoms with E-state index in [-0.39, 0.29) is 0 Å². The van der Waals surface area contributed by atoms with Gasteiger partial charge in [0.05, 0.1) is 26.8 Å². The maximum absolute atomic E-state index is 5.11. The Labute approximate surface area is 221 Å². The highest BCUT2D eigenvalue weighted by Gasteiger charge is 2.20. The molecule has 0 N–H and O–H groups in total. The van der Waals surface area contributed by atoms with Gasteiger partial charge in [-0.15, -0.1) is 11.3 Å². The Hall–Kier alpha value is -4.80. The van der Waals surface area contributed by atoms with E-state index in [2.05, 4.69) is 114 Å². The molecule has 4 heteroatoms. The highest BCUT2D eigenvalue weighted by molar-refractivity contribution is 7.25. The summed E-state index contributed by atoms with van der Waals surface area (Å²) in [7, 11) is 0. The van der Waals surface area contributed by atoms with E-state index in [9.17, 15) is 0 Å². The fraction of sp³-hybridized carbons (Fsp3) is 0. The van der Waals surface area contributed by atoms with E-state index < -0.39 is 0 Å². The lowest BCUT2D eigenvalue weighted by molar-refractivity contribution is 1.24. The van der Waals surface area contributed by atoms with Crippen LogP contribution in [0.4, 0.5) is 0 Å². The quantitative estimate of drug-likeness (QED) is 0.236. The summed E-state index contributed by atoms with van der Waals surface area (Å²) in [5.41, 5.74) is 8.24. The van der Waals surface area contributed by atoms with Gasteiger partial charge in [0.25, 0.3) is 0 Å². The number of nitrogens with zero attached hydrogens (tertiary/aromatic N) is 3. The molecule has 0 unspecified atom stereocenters. The highest BCUT2D eigenvalue weighted by Crippen LogP contribution is 2.42. The van der Waals surface area contributed by atoms with Crippen LogP contribution in [0, 0.1) is 0 Å². The Morgan fingerprint density at radius 1 is 0.526 bits per heavy atom. The highest BCUT2D eigenvalue weighted by atomic mass is 32.1. The van der Waals surface area contributed by atoms with E-state index in [1.165, 1.54) is 59.3 Å². The van der Waals surface area contributed by atoms with Crippen LogP contribution in [0.25, 0.3) is 80.9 Å². The fourth-order valence-electron chi connectivity index (χ4n) is 6.09. The molecule has 4 heterocycles. The first-order valence-corrected chi connectivity index (χ1v) is 13.6. The second-order valence-corrected chi connectivity index (χ2v) is 11.0. The molecule has 0 radical (unpaired) electrons. The lowest BCUT2D eigenvalue weighted by atomic mass is 10.0. The van der Waals surface area contributed by atoms with E-state index in [1.807, 2.05) is 6.20 Å². The number of para-hydroxylation sites is 1. The molecule has 3 nitrogen and oxygen atoms in total. The Morgan fingerprint density at radius 2 is 1.24 bits per heavy atom. The Balaban J connectivity index is 1.39. The van der Waals surface area contributed by atoms with Gasteiger partial charge in [0.15, 0.2) is 5.82 Å². The van der Waals surface area contributed by atoms with Gasteiger partial charge in [-0.25, -0.2) is 9.97 Å². The van der Waals surface area contributed by atoms with Crippen molar-refractivity contribution in [2.24, 2.45) is 0 Å². The smallest absolute Gasteiger partial charge is 0.159 e. The minimum atomic E-state index is 0.767. The van der Waals surface area contributed by atoms with Gasteiger partial charge in [-0.3, -0.25) is 0 Å². The van der Waals surface area contributed by atoms with E-state index in [0.717, 1.165) is 21.6 Å². The predicted molar refractivity (Wildman–Crippen MR) is 160 cm³/mol. The molecule has 0 saturated carbocycles. The van der Waals surface area contributed by atoms with Crippen molar-refractivity contribution in [1.82, 2.24) is 14.4 Å². The zero-order valence-corrected chi connectivity index (χ0v) is 21.0. The summed E-state index contributed by atoms with van der Waals surface area (Å²) in [6, 6.07) is 39.2. The number of aromatic nitrogens is 3. The van der Waals surface area contributed by atoms with Crippen LogP contribution in [0.1, 0.15) is 0 Å². The molecule has 0 aliphatic heterocycles. The second kappa shape index (κ2) is 7.37. The van der Waals surface area contributed by atoms with Gasteiger partial charge in [-0.1, -0.05) is 72.8 Å². The molecule has 0 saturated heterocycles. The minimum absolute atomic E-state index is 0.767. The normalized spacial score (nSPS) is 12.2. The Morgan fingerprint density at radius 3 is 2.13 bits per heavy atom. The zero-order valence-electron chi connectivity index (χ0n) is 20.2. The molecule has 0 aliphatic rings. The third-order valence-electron chi connectivity index (χ3n) is 7.78. The van der Waals surface area contributed by atoms with Crippen molar-refractivity contribution in [3.8, 4) is 22.5 Å². The minimum Gasteiger partial charge on any atom is -0.308 e. The van der Waals surface area contributed by atoms with Gasteiger partial charge in [-0.2, -0.15) is 0 Å². The lowest BCUT2D eigenvalue weighted by Crippen LogP contribution is -1.88. The molecule has 0 fully saturated rings. The van der Waals surface area contributed by atoms with E-state index in [4.69, 9.17) is 9.97 Å². The van der Waals surface area contributed by atoms with Crippen LogP contribution in [-0.4, -0.2) is 14.4 Å². The number of benzene rings is 5. The van der Waals surface area contributed by atoms with Gasteiger partial charge in [-0.05, 0) is 47.5 Å². The topological polar surface area (TPSA) is 30.2 Å². The van der Waals surface area contributed by atoms with Crippen molar-refractivity contribution in [3.05, 3.63) is 115 Å². The molecule has 0 spiro atoms. The molecule has 4 aromatic heterocycles. The standard InChI is InChI=1S/C34H19N3S/c1-2-8-20(9-3-1)21-14-15-29-25(16-21)27-18-22(17-26-23-10-4-6-12-28(23)37(29)33(26)27)34-35-19-31-32(36-34)24-11-5-7-13-30(24)38-31/h1-19H. The van der Waals surface area contributed by atoms with Crippen molar-refractivity contribution in [3.63, 3.8) is 0 Å². The molecule has 0 atom stereocenters. The maximum Gasteiger partial charge on any atom is 0.159 e. The summed E-state index contributed by atoms with van der Waals surface area (Å²) in [4.78, 5) is 9.96. The summed E-state index contributed by atoms with van der Waals surface area (Å²) in [6.45, 7) is 0. The average Bonchev–Trinajstić information content (AvgIpc) is 3.63. The molecule has 176 valence electrons. The van der Waals surface area contributed by atoms with Crippen LogP contribution < -0.4 is 0 Å². The first-order valence-electron chi connectivity index (χ1n) is 12.8. The number of hydrogen-bond donors (Lipinski definition) is 0. The van der Waals surface area contributed by atoms with Gasteiger partial charge >= 0.3 is 0 Å². The zero-order chi connectivity index (χ0) is 24.8. The largest absolute Gasteiger partial charge is 0.308 e. The van der Waals surface area contributed by atoms with Crippen molar-refractivity contribution in [1.29, 1.82) is 0 Å². The summed E-state index contributed by atoms with van der Waals surface area (Å²) >= 11 is 1.75. The molecular formula is C34H19N3S. The predicted octanol–water partition coefficient (Wildman–Crippen LogP) is 9.33. The van der Waals surface area contributed by atoms with Crippen molar-refractivity contribution >= 4 is 69.7 Å². The van der Waals surface area contributed by atoms with Crippen LogP contribution in [0.5, 0.6) is 0 Å². The number of fused-ring (bicyclic) bond motifs is 9. The summed E-state index contributed by atoms with van der Waals surface area (Å²) in [5, 5.41) is 6.17.